The van der Waals surface area contributed by atoms with E-state index in [0.717, 1.165) is 5.69 Å². The van der Waals surface area contributed by atoms with Crippen molar-refractivity contribution in [2.45, 2.75) is 19.4 Å². The minimum Gasteiger partial charge on any atom is -0.467 e. The Morgan fingerprint density at radius 3 is 2.65 bits per heavy atom. The Bertz CT molecular complexity index is 483. The van der Waals surface area contributed by atoms with Gasteiger partial charge in [0.2, 0.25) is 0 Å². The van der Waals surface area contributed by atoms with Crippen molar-refractivity contribution in [3.05, 3.63) is 29.8 Å². The lowest BCUT2D eigenvalue weighted by Gasteiger charge is -2.33. The zero-order chi connectivity index (χ0) is 14.5. The quantitative estimate of drug-likeness (QED) is 0.619. The van der Waals surface area contributed by atoms with Crippen LogP contribution in [0.5, 0.6) is 0 Å². The molecule has 0 aliphatic carbocycles. The molecule has 5 nitrogen and oxygen atoms in total. The van der Waals surface area contributed by atoms with Crippen LogP contribution in [0.4, 0.5) is 5.69 Å². The third-order valence-electron chi connectivity index (χ3n) is 3.41. The Morgan fingerprint density at radius 1 is 1.35 bits per heavy atom. The fourth-order valence-electron chi connectivity index (χ4n) is 2.22. The number of carbonyl (C=O) groups is 2. The summed E-state index contributed by atoms with van der Waals surface area (Å²) in [6.45, 7) is 3.51. The molecule has 1 saturated heterocycles. The lowest BCUT2D eigenvalue weighted by molar-refractivity contribution is -0.154. The summed E-state index contributed by atoms with van der Waals surface area (Å²) in [5.41, 5.74) is 1.70. The zero-order valence-electron chi connectivity index (χ0n) is 11.8. The maximum atomic E-state index is 11.6. The molecule has 0 N–H and O–H groups in total. The van der Waals surface area contributed by atoms with Gasteiger partial charge in [0.1, 0.15) is 0 Å². The second-order valence-electron chi connectivity index (χ2n) is 4.65. The van der Waals surface area contributed by atoms with Crippen LogP contribution in [-0.4, -0.2) is 44.7 Å². The molecule has 1 fully saturated rings. The van der Waals surface area contributed by atoms with E-state index in [0.29, 0.717) is 31.7 Å². The molecule has 2 rings (SSSR count). The molecule has 1 unspecified atom stereocenters. The van der Waals surface area contributed by atoms with Gasteiger partial charge in [-0.15, -0.1) is 0 Å². The topological polar surface area (TPSA) is 55.8 Å². The van der Waals surface area contributed by atoms with Crippen LogP contribution < -0.4 is 4.90 Å². The summed E-state index contributed by atoms with van der Waals surface area (Å²) in [6.07, 6.45) is -0.0490. The van der Waals surface area contributed by atoms with Gasteiger partial charge in [-0.1, -0.05) is 6.92 Å². The van der Waals surface area contributed by atoms with E-state index in [1.54, 1.807) is 0 Å². The van der Waals surface area contributed by atoms with E-state index in [1.165, 1.54) is 7.11 Å². The summed E-state index contributed by atoms with van der Waals surface area (Å²) in [5, 5.41) is 0. The third-order valence-corrected chi connectivity index (χ3v) is 3.41. The average molecular weight is 277 g/mol. The van der Waals surface area contributed by atoms with Gasteiger partial charge in [0.15, 0.2) is 11.9 Å². The second kappa shape index (κ2) is 6.52. The molecule has 1 aliphatic heterocycles. The number of hydrogen-bond donors (Lipinski definition) is 0. The Kier molecular flexibility index (Phi) is 4.74. The predicted molar refractivity (Wildman–Crippen MR) is 75.0 cm³/mol. The largest absolute Gasteiger partial charge is 0.467 e. The first kappa shape index (κ1) is 14.5. The molecule has 20 heavy (non-hydrogen) atoms. The molecule has 0 bridgehead atoms. The molecule has 0 aromatic heterocycles. The van der Waals surface area contributed by atoms with Gasteiger partial charge in [-0.3, -0.25) is 4.79 Å². The number of ether oxygens (including phenoxy) is 2. The van der Waals surface area contributed by atoms with Gasteiger partial charge in [0.05, 0.1) is 20.3 Å². The van der Waals surface area contributed by atoms with Gasteiger partial charge < -0.3 is 14.4 Å². The third kappa shape index (κ3) is 3.17. The minimum absolute atomic E-state index is 0.131. The van der Waals surface area contributed by atoms with Crippen molar-refractivity contribution in [1.29, 1.82) is 0 Å². The number of carbonyl (C=O) groups excluding carboxylic acids is 2. The first-order chi connectivity index (χ1) is 9.65. The smallest absolute Gasteiger partial charge is 0.336 e. The highest BCUT2D eigenvalue weighted by molar-refractivity contribution is 5.96. The highest BCUT2D eigenvalue weighted by Gasteiger charge is 2.27. The van der Waals surface area contributed by atoms with E-state index in [1.807, 2.05) is 31.2 Å². The van der Waals surface area contributed by atoms with Crippen molar-refractivity contribution >= 4 is 17.4 Å². The van der Waals surface area contributed by atoms with E-state index in [4.69, 9.17) is 9.47 Å². The fourth-order valence-corrected chi connectivity index (χ4v) is 2.22. The van der Waals surface area contributed by atoms with Crippen LogP contribution in [0.1, 0.15) is 23.7 Å². The van der Waals surface area contributed by atoms with Gasteiger partial charge in [0, 0.05) is 24.2 Å². The Balaban J connectivity index is 2.07. The molecule has 1 heterocycles. The van der Waals surface area contributed by atoms with Crippen molar-refractivity contribution in [2.75, 3.05) is 31.7 Å². The van der Waals surface area contributed by atoms with Crippen LogP contribution in [-0.2, 0) is 14.3 Å². The minimum atomic E-state index is -0.550. The van der Waals surface area contributed by atoms with Crippen molar-refractivity contribution < 1.29 is 19.1 Å². The first-order valence-electron chi connectivity index (χ1n) is 6.73. The number of esters is 1. The summed E-state index contributed by atoms with van der Waals surface area (Å²) in [4.78, 5) is 25.2. The number of methoxy groups -OCH3 is 1. The van der Waals surface area contributed by atoms with E-state index in [2.05, 4.69) is 4.90 Å². The van der Waals surface area contributed by atoms with E-state index in [-0.39, 0.29) is 11.8 Å². The fraction of sp³-hybridized carbons (Fsp3) is 0.467. The summed E-state index contributed by atoms with van der Waals surface area (Å²) >= 11 is 0. The van der Waals surface area contributed by atoms with E-state index in [9.17, 15) is 9.59 Å². The standard InChI is InChI=1S/C15H19NO4/c1-3-13(17)11-4-6-12(7-5-11)16-8-9-20-14(10-16)15(18)19-2/h4-7,14H,3,8-10H2,1-2H3. The van der Waals surface area contributed by atoms with E-state index >= 15 is 0 Å². The molecule has 5 heteroatoms. The van der Waals surface area contributed by atoms with Crippen LogP contribution in [0.3, 0.4) is 0 Å². The van der Waals surface area contributed by atoms with Crippen molar-refractivity contribution in [1.82, 2.24) is 0 Å². The summed E-state index contributed by atoms with van der Waals surface area (Å²) in [6, 6.07) is 7.46. The SMILES string of the molecule is CCC(=O)c1ccc(N2CCOC(C(=O)OC)C2)cc1. The summed E-state index contributed by atoms with van der Waals surface area (Å²) in [7, 11) is 1.36. The zero-order valence-corrected chi connectivity index (χ0v) is 11.8. The first-order valence-corrected chi connectivity index (χ1v) is 6.73. The maximum Gasteiger partial charge on any atom is 0.336 e. The second-order valence-corrected chi connectivity index (χ2v) is 4.65. The van der Waals surface area contributed by atoms with Crippen LogP contribution in [0.2, 0.25) is 0 Å². The normalized spacial score (nSPS) is 18.7. The van der Waals surface area contributed by atoms with Crippen molar-refractivity contribution in [3.63, 3.8) is 0 Å². The highest BCUT2D eigenvalue weighted by Crippen LogP contribution is 2.19. The Morgan fingerprint density at radius 2 is 2.05 bits per heavy atom. The molecule has 108 valence electrons. The number of ketones is 1. The Labute approximate surface area is 118 Å². The molecule has 0 amide bonds. The summed E-state index contributed by atoms with van der Waals surface area (Å²) < 4.78 is 10.1. The molecule has 1 aromatic rings. The molecule has 0 spiro atoms. The number of nitrogens with zero attached hydrogens (tertiary/aromatic N) is 1. The van der Waals surface area contributed by atoms with E-state index < -0.39 is 6.10 Å². The average Bonchev–Trinajstić information content (AvgIpc) is 2.53. The van der Waals surface area contributed by atoms with Crippen molar-refractivity contribution in [3.8, 4) is 0 Å². The maximum absolute atomic E-state index is 11.6. The highest BCUT2D eigenvalue weighted by atomic mass is 16.6. The number of benzene rings is 1. The number of anilines is 1. The number of hydrogen-bond acceptors (Lipinski definition) is 5. The Hall–Kier alpha value is -1.88. The van der Waals surface area contributed by atoms with Gasteiger partial charge in [-0.25, -0.2) is 4.79 Å². The van der Waals surface area contributed by atoms with Gasteiger partial charge >= 0.3 is 5.97 Å². The molecular weight excluding hydrogens is 258 g/mol. The lowest BCUT2D eigenvalue weighted by atomic mass is 10.1. The van der Waals surface area contributed by atoms with Crippen molar-refractivity contribution in [2.24, 2.45) is 0 Å². The number of morpholine rings is 1. The lowest BCUT2D eigenvalue weighted by Crippen LogP contribution is -2.46. The summed E-state index contributed by atoms with van der Waals surface area (Å²) in [5.74, 6) is -0.224. The van der Waals surface area contributed by atoms with Crippen LogP contribution in [0, 0.1) is 0 Å². The molecule has 0 radical (unpaired) electrons. The van der Waals surface area contributed by atoms with Crippen LogP contribution >= 0.6 is 0 Å². The molecule has 1 atom stereocenters. The van der Waals surface area contributed by atoms with Gasteiger partial charge in [-0.2, -0.15) is 0 Å². The molecule has 1 aromatic carbocycles. The van der Waals surface area contributed by atoms with Gasteiger partial charge in [-0.05, 0) is 24.3 Å². The molecule has 1 aliphatic rings. The predicted octanol–water partition coefficient (Wildman–Crippen LogP) is 1.66. The van der Waals surface area contributed by atoms with Gasteiger partial charge in [0.25, 0.3) is 0 Å². The van der Waals surface area contributed by atoms with Crippen LogP contribution in [0.15, 0.2) is 24.3 Å². The molecular formula is C15H19NO4. The monoisotopic (exact) mass is 277 g/mol. The molecule has 0 saturated carbocycles. The van der Waals surface area contributed by atoms with Crippen LogP contribution in [0.25, 0.3) is 0 Å². The number of rotatable bonds is 4. The number of Topliss-reactive ketones (excluding diaryl/α,β-unsaturated/α-hetero) is 1.